The molecule has 0 spiro atoms. The SMILES string of the molecule is CC1CCC(CNc2ccc(C#N)c(C(F)(F)F)c2)CC1. The Morgan fingerprint density at radius 2 is 1.90 bits per heavy atom. The standard InChI is InChI=1S/C16H19F3N2/c1-11-2-4-12(5-3-11)10-21-14-7-6-13(9-20)15(8-14)16(17,18)19/h6-8,11-12,21H,2-5,10H2,1H3. The van der Waals surface area contributed by atoms with Crippen molar-refractivity contribution in [2.24, 2.45) is 11.8 Å². The number of halogens is 3. The van der Waals surface area contributed by atoms with E-state index in [0.29, 0.717) is 18.2 Å². The number of nitrogens with one attached hydrogen (secondary N) is 1. The Kier molecular flexibility index (Phi) is 4.76. The zero-order valence-electron chi connectivity index (χ0n) is 12.0. The third-order valence-electron chi connectivity index (χ3n) is 4.18. The predicted octanol–water partition coefficient (Wildman–Crippen LogP) is 4.82. The zero-order valence-corrected chi connectivity index (χ0v) is 12.0. The highest BCUT2D eigenvalue weighted by atomic mass is 19.4. The van der Waals surface area contributed by atoms with Crippen LogP contribution in [0.5, 0.6) is 0 Å². The van der Waals surface area contributed by atoms with Crippen molar-refractivity contribution in [1.82, 2.24) is 0 Å². The second kappa shape index (κ2) is 6.38. The Morgan fingerprint density at radius 3 is 2.48 bits per heavy atom. The summed E-state index contributed by atoms with van der Waals surface area (Å²) in [6.45, 7) is 2.93. The number of hydrogen-bond donors (Lipinski definition) is 1. The molecule has 5 heteroatoms. The summed E-state index contributed by atoms with van der Waals surface area (Å²) in [4.78, 5) is 0. The van der Waals surface area contributed by atoms with Crippen LogP contribution in [-0.2, 0) is 6.18 Å². The van der Waals surface area contributed by atoms with Crippen molar-refractivity contribution in [1.29, 1.82) is 5.26 Å². The lowest BCUT2D eigenvalue weighted by Gasteiger charge is -2.26. The van der Waals surface area contributed by atoms with Gasteiger partial charge in [0.1, 0.15) is 0 Å². The van der Waals surface area contributed by atoms with Crippen molar-refractivity contribution in [2.75, 3.05) is 11.9 Å². The first-order chi connectivity index (χ1) is 9.90. The number of alkyl halides is 3. The first-order valence-corrected chi connectivity index (χ1v) is 7.25. The van der Waals surface area contributed by atoms with Gasteiger partial charge in [0.05, 0.1) is 17.2 Å². The lowest BCUT2D eigenvalue weighted by atomic mass is 9.83. The summed E-state index contributed by atoms with van der Waals surface area (Å²) in [5.41, 5.74) is -0.772. The van der Waals surface area contributed by atoms with Crippen LogP contribution in [0.1, 0.15) is 43.7 Å². The summed E-state index contributed by atoms with van der Waals surface area (Å²) in [6.07, 6.45) is 0.122. The second-order valence-electron chi connectivity index (χ2n) is 5.88. The molecule has 114 valence electrons. The molecule has 1 aromatic rings. The van der Waals surface area contributed by atoms with Gasteiger partial charge >= 0.3 is 6.18 Å². The fourth-order valence-corrected chi connectivity index (χ4v) is 2.78. The van der Waals surface area contributed by atoms with Gasteiger partial charge in [-0.2, -0.15) is 18.4 Å². The van der Waals surface area contributed by atoms with Gasteiger partial charge in [-0.15, -0.1) is 0 Å². The average molecular weight is 296 g/mol. The van der Waals surface area contributed by atoms with Gasteiger partial charge in [-0.1, -0.05) is 19.8 Å². The molecule has 0 bridgehead atoms. The van der Waals surface area contributed by atoms with Crippen LogP contribution in [0.25, 0.3) is 0 Å². The molecule has 0 atom stereocenters. The minimum atomic E-state index is -4.50. The fourth-order valence-electron chi connectivity index (χ4n) is 2.78. The van der Waals surface area contributed by atoms with Gasteiger partial charge in [0.15, 0.2) is 0 Å². The van der Waals surface area contributed by atoms with E-state index in [1.54, 1.807) is 12.1 Å². The predicted molar refractivity (Wildman–Crippen MR) is 75.8 cm³/mol. The lowest BCUT2D eigenvalue weighted by Crippen LogP contribution is -2.20. The Labute approximate surface area is 123 Å². The third kappa shape index (κ3) is 4.13. The van der Waals surface area contributed by atoms with E-state index in [-0.39, 0.29) is 5.56 Å². The van der Waals surface area contributed by atoms with Gasteiger partial charge in [-0.3, -0.25) is 0 Å². The number of nitrogens with zero attached hydrogens (tertiary/aromatic N) is 1. The topological polar surface area (TPSA) is 35.8 Å². The molecule has 0 radical (unpaired) electrons. The Bertz CT molecular complexity index is 523. The molecule has 1 aliphatic rings. The molecule has 0 unspecified atom stereocenters. The van der Waals surface area contributed by atoms with Crippen LogP contribution >= 0.6 is 0 Å². The summed E-state index contributed by atoms with van der Waals surface area (Å²) in [6, 6.07) is 5.39. The molecule has 21 heavy (non-hydrogen) atoms. The highest BCUT2D eigenvalue weighted by Crippen LogP contribution is 2.34. The zero-order chi connectivity index (χ0) is 15.5. The van der Waals surface area contributed by atoms with Crippen molar-refractivity contribution in [3.05, 3.63) is 29.3 Å². The van der Waals surface area contributed by atoms with Gasteiger partial charge in [0.2, 0.25) is 0 Å². The summed E-state index contributed by atoms with van der Waals surface area (Å²) in [7, 11) is 0. The van der Waals surface area contributed by atoms with E-state index in [1.165, 1.54) is 18.9 Å². The van der Waals surface area contributed by atoms with Crippen LogP contribution in [0.3, 0.4) is 0 Å². The first kappa shape index (κ1) is 15.7. The molecular formula is C16H19F3N2. The molecular weight excluding hydrogens is 277 g/mol. The molecule has 0 aromatic heterocycles. The van der Waals surface area contributed by atoms with Crippen LogP contribution in [0, 0.1) is 23.2 Å². The Morgan fingerprint density at radius 1 is 1.24 bits per heavy atom. The molecule has 0 heterocycles. The van der Waals surface area contributed by atoms with Crippen molar-refractivity contribution in [3.63, 3.8) is 0 Å². The maximum absolute atomic E-state index is 12.9. The Hall–Kier alpha value is -1.70. The van der Waals surface area contributed by atoms with Gasteiger partial charge in [-0.25, -0.2) is 0 Å². The molecule has 0 amide bonds. The summed E-state index contributed by atoms with van der Waals surface area (Å²) >= 11 is 0. The van der Waals surface area contributed by atoms with Crippen molar-refractivity contribution in [2.45, 2.75) is 38.8 Å². The van der Waals surface area contributed by atoms with Gasteiger partial charge in [0.25, 0.3) is 0 Å². The molecule has 1 aliphatic carbocycles. The van der Waals surface area contributed by atoms with Gasteiger partial charge in [0, 0.05) is 12.2 Å². The minimum Gasteiger partial charge on any atom is -0.385 e. The van der Waals surface area contributed by atoms with Crippen molar-refractivity contribution >= 4 is 5.69 Å². The van der Waals surface area contributed by atoms with Crippen molar-refractivity contribution < 1.29 is 13.2 Å². The van der Waals surface area contributed by atoms with E-state index in [2.05, 4.69) is 12.2 Å². The molecule has 1 fully saturated rings. The Balaban J connectivity index is 2.03. The van der Waals surface area contributed by atoms with E-state index >= 15 is 0 Å². The van der Waals surface area contributed by atoms with E-state index < -0.39 is 11.7 Å². The van der Waals surface area contributed by atoms with E-state index in [4.69, 9.17) is 5.26 Å². The first-order valence-electron chi connectivity index (χ1n) is 7.25. The lowest BCUT2D eigenvalue weighted by molar-refractivity contribution is -0.137. The minimum absolute atomic E-state index is 0.334. The maximum atomic E-state index is 12.9. The molecule has 0 aliphatic heterocycles. The molecule has 1 saturated carbocycles. The van der Waals surface area contributed by atoms with Crippen molar-refractivity contribution in [3.8, 4) is 6.07 Å². The second-order valence-corrected chi connectivity index (χ2v) is 5.88. The number of nitriles is 1. The van der Waals surface area contributed by atoms with Crippen LogP contribution in [0.2, 0.25) is 0 Å². The largest absolute Gasteiger partial charge is 0.417 e. The monoisotopic (exact) mass is 296 g/mol. The smallest absolute Gasteiger partial charge is 0.385 e. The number of benzene rings is 1. The normalized spacial score (nSPS) is 22.6. The fraction of sp³-hybridized carbons (Fsp3) is 0.562. The van der Waals surface area contributed by atoms with Gasteiger partial charge in [-0.05, 0) is 42.9 Å². The van der Waals surface area contributed by atoms with Crippen LogP contribution in [0.4, 0.5) is 18.9 Å². The molecule has 2 rings (SSSR count). The van der Waals surface area contributed by atoms with E-state index in [0.717, 1.165) is 24.8 Å². The quantitative estimate of drug-likeness (QED) is 0.868. The third-order valence-corrected chi connectivity index (χ3v) is 4.18. The summed E-state index contributed by atoms with van der Waals surface area (Å²) < 4.78 is 38.6. The van der Waals surface area contributed by atoms with Crippen LogP contribution in [-0.4, -0.2) is 6.54 Å². The maximum Gasteiger partial charge on any atom is 0.417 e. The summed E-state index contributed by atoms with van der Waals surface area (Å²) in [5, 5.41) is 11.8. The van der Waals surface area contributed by atoms with Crippen LogP contribution in [0.15, 0.2) is 18.2 Å². The highest BCUT2D eigenvalue weighted by Gasteiger charge is 2.33. The van der Waals surface area contributed by atoms with Crippen LogP contribution < -0.4 is 5.32 Å². The van der Waals surface area contributed by atoms with Gasteiger partial charge < -0.3 is 5.32 Å². The average Bonchev–Trinajstić information content (AvgIpc) is 2.45. The highest BCUT2D eigenvalue weighted by molar-refractivity contribution is 5.53. The molecule has 1 aromatic carbocycles. The van der Waals surface area contributed by atoms with E-state index in [1.807, 2.05) is 0 Å². The number of anilines is 1. The number of rotatable bonds is 3. The van der Waals surface area contributed by atoms with E-state index in [9.17, 15) is 13.2 Å². The molecule has 1 N–H and O–H groups in total. The summed E-state index contributed by atoms with van der Waals surface area (Å²) in [5.74, 6) is 1.28. The molecule has 2 nitrogen and oxygen atoms in total. The number of hydrogen-bond acceptors (Lipinski definition) is 2. The molecule has 0 saturated heterocycles.